The lowest BCUT2D eigenvalue weighted by atomic mass is 10.3. The fourth-order valence-corrected chi connectivity index (χ4v) is 1.33. The minimum atomic E-state index is -4.84. The minimum absolute atomic E-state index is 0.336. The number of pyridine rings is 1. The Morgan fingerprint density at radius 3 is 2.13 bits per heavy atom. The Kier molecular flexibility index (Phi) is 2.70. The Bertz CT molecular complexity index is 482. The summed E-state index contributed by atoms with van der Waals surface area (Å²) in [4.78, 5) is 1.39. The second kappa shape index (κ2) is 3.42. The number of sulfonamides is 1. The Morgan fingerprint density at radius 2 is 1.80 bits per heavy atom. The lowest BCUT2D eigenvalue weighted by Crippen LogP contribution is -2.17. The normalized spacial score (nSPS) is 12.9. The number of nitrogens with zero attached hydrogens (tertiary/aromatic N) is 1. The van der Waals surface area contributed by atoms with Crippen molar-refractivity contribution in [2.24, 2.45) is 5.14 Å². The Hall–Kier alpha value is -1.22. The predicted octanol–water partition coefficient (Wildman–Crippen LogP) is 0.887. The summed E-state index contributed by atoms with van der Waals surface area (Å²) in [6.45, 7) is 0. The standard InChI is InChI=1S/C6H4F4N2O2S/c7-5-3(15(11,13)14)1-2-4(12-5)6(8,9)10/h1-2H,(H2,11,13,14). The molecule has 0 bridgehead atoms. The number of nitrogens with two attached hydrogens (primary N) is 1. The molecule has 1 aromatic heterocycles. The second-order valence-electron chi connectivity index (χ2n) is 2.53. The van der Waals surface area contributed by atoms with Crippen molar-refractivity contribution in [3.63, 3.8) is 0 Å². The molecule has 2 N–H and O–H groups in total. The van der Waals surface area contributed by atoms with Crippen LogP contribution in [0.3, 0.4) is 0 Å². The van der Waals surface area contributed by atoms with Crippen LogP contribution in [-0.4, -0.2) is 13.4 Å². The van der Waals surface area contributed by atoms with Crippen LogP contribution in [0.2, 0.25) is 0 Å². The minimum Gasteiger partial charge on any atom is -0.224 e. The molecule has 0 aliphatic carbocycles. The Morgan fingerprint density at radius 1 is 1.27 bits per heavy atom. The van der Waals surface area contributed by atoms with Crippen LogP contribution in [0, 0.1) is 5.95 Å². The number of aromatic nitrogens is 1. The van der Waals surface area contributed by atoms with Crippen molar-refractivity contribution in [1.29, 1.82) is 0 Å². The van der Waals surface area contributed by atoms with Gasteiger partial charge in [-0.25, -0.2) is 18.5 Å². The molecule has 0 aliphatic rings. The molecule has 84 valence electrons. The van der Waals surface area contributed by atoms with E-state index in [2.05, 4.69) is 10.1 Å². The average Bonchev–Trinajstić information content (AvgIpc) is 1.99. The van der Waals surface area contributed by atoms with Gasteiger partial charge in [-0.1, -0.05) is 0 Å². The van der Waals surface area contributed by atoms with Gasteiger partial charge in [0.15, 0.2) is 0 Å². The molecule has 15 heavy (non-hydrogen) atoms. The number of halogens is 4. The number of hydrogen-bond donors (Lipinski definition) is 1. The van der Waals surface area contributed by atoms with Crippen molar-refractivity contribution in [3.05, 3.63) is 23.8 Å². The molecule has 0 aliphatic heterocycles. The molecule has 1 rings (SSSR count). The monoisotopic (exact) mass is 244 g/mol. The maximum Gasteiger partial charge on any atom is 0.433 e. The molecule has 0 amide bonds. The Labute approximate surface area is 81.8 Å². The Balaban J connectivity index is 3.34. The molecule has 0 radical (unpaired) electrons. The molecule has 9 heteroatoms. The van der Waals surface area contributed by atoms with Gasteiger partial charge < -0.3 is 0 Å². The highest BCUT2D eigenvalue weighted by Gasteiger charge is 2.34. The first-order chi connectivity index (χ1) is 6.62. The van der Waals surface area contributed by atoms with E-state index in [1.165, 1.54) is 0 Å². The van der Waals surface area contributed by atoms with Gasteiger partial charge in [-0.05, 0) is 12.1 Å². The van der Waals surface area contributed by atoms with Gasteiger partial charge in [-0.15, -0.1) is 0 Å². The van der Waals surface area contributed by atoms with Crippen LogP contribution in [0.5, 0.6) is 0 Å². The highest BCUT2D eigenvalue weighted by Crippen LogP contribution is 2.28. The maximum absolute atomic E-state index is 12.8. The third kappa shape index (κ3) is 2.63. The lowest BCUT2D eigenvalue weighted by molar-refractivity contribution is -0.141. The fourth-order valence-electron chi connectivity index (χ4n) is 0.792. The van der Waals surface area contributed by atoms with Crippen LogP contribution in [0.4, 0.5) is 17.6 Å². The van der Waals surface area contributed by atoms with Gasteiger partial charge in [0.25, 0.3) is 0 Å². The van der Waals surface area contributed by atoms with Crippen LogP contribution in [0.1, 0.15) is 5.69 Å². The summed E-state index contributed by atoms with van der Waals surface area (Å²) in [6, 6.07) is 0.753. The number of alkyl halides is 3. The van der Waals surface area contributed by atoms with Gasteiger partial charge in [-0.3, -0.25) is 0 Å². The molecular weight excluding hydrogens is 240 g/mol. The summed E-state index contributed by atoms with van der Waals surface area (Å²) in [6.07, 6.45) is -4.84. The average molecular weight is 244 g/mol. The zero-order valence-electron chi connectivity index (χ0n) is 6.92. The van der Waals surface area contributed by atoms with E-state index in [4.69, 9.17) is 0 Å². The first kappa shape index (κ1) is 11.9. The van der Waals surface area contributed by atoms with E-state index in [-0.39, 0.29) is 0 Å². The molecule has 0 fully saturated rings. The molecule has 4 nitrogen and oxygen atoms in total. The van der Waals surface area contributed by atoms with Gasteiger partial charge in [0.2, 0.25) is 16.0 Å². The van der Waals surface area contributed by atoms with Crippen molar-refractivity contribution in [1.82, 2.24) is 4.98 Å². The van der Waals surface area contributed by atoms with Gasteiger partial charge in [0, 0.05) is 0 Å². The van der Waals surface area contributed by atoms with Gasteiger partial charge in [0.1, 0.15) is 10.6 Å². The molecule has 0 saturated heterocycles. The zero-order chi connectivity index (χ0) is 11.9. The van der Waals surface area contributed by atoms with Crippen molar-refractivity contribution >= 4 is 10.0 Å². The van der Waals surface area contributed by atoms with Crippen molar-refractivity contribution < 1.29 is 26.0 Å². The summed E-state index contributed by atoms with van der Waals surface area (Å²) in [5, 5.41) is 4.53. The zero-order valence-corrected chi connectivity index (χ0v) is 7.73. The summed E-state index contributed by atoms with van der Waals surface area (Å²) < 4.78 is 70.0. The number of primary sulfonamides is 1. The molecule has 0 aromatic carbocycles. The van der Waals surface area contributed by atoms with E-state index in [0.717, 1.165) is 0 Å². The van der Waals surface area contributed by atoms with Crippen LogP contribution in [-0.2, 0) is 16.2 Å². The molecular formula is C6H4F4N2O2S. The first-order valence-electron chi connectivity index (χ1n) is 3.39. The summed E-state index contributed by atoms with van der Waals surface area (Å²) >= 11 is 0. The van der Waals surface area contributed by atoms with Gasteiger partial charge in [0.05, 0.1) is 0 Å². The molecule has 0 unspecified atom stereocenters. The predicted molar refractivity (Wildman–Crippen MR) is 40.6 cm³/mol. The lowest BCUT2D eigenvalue weighted by Gasteiger charge is -2.06. The SMILES string of the molecule is NS(=O)(=O)c1ccc(C(F)(F)F)nc1F. The van der Waals surface area contributed by atoms with E-state index in [1.807, 2.05) is 0 Å². The highest BCUT2D eigenvalue weighted by molar-refractivity contribution is 7.89. The van der Waals surface area contributed by atoms with Gasteiger partial charge >= 0.3 is 6.18 Å². The summed E-state index contributed by atoms with van der Waals surface area (Å²) in [7, 11) is -4.40. The quantitative estimate of drug-likeness (QED) is 0.588. The van der Waals surface area contributed by atoms with Crippen LogP contribution < -0.4 is 5.14 Å². The van der Waals surface area contributed by atoms with Crippen LogP contribution >= 0.6 is 0 Å². The van der Waals surface area contributed by atoms with Crippen molar-refractivity contribution in [3.8, 4) is 0 Å². The molecule has 0 saturated carbocycles. The second-order valence-corrected chi connectivity index (χ2v) is 4.06. The van der Waals surface area contributed by atoms with Crippen molar-refractivity contribution in [2.45, 2.75) is 11.1 Å². The third-order valence-corrected chi connectivity index (χ3v) is 2.33. The van der Waals surface area contributed by atoms with Gasteiger partial charge in [-0.2, -0.15) is 17.6 Å². The maximum atomic E-state index is 12.8. The summed E-state index contributed by atoms with van der Waals surface area (Å²) in [5.41, 5.74) is -1.52. The number of hydrogen-bond acceptors (Lipinski definition) is 3. The van der Waals surface area contributed by atoms with E-state index < -0.39 is 32.7 Å². The topological polar surface area (TPSA) is 73.1 Å². The van der Waals surface area contributed by atoms with Crippen LogP contribution in [0.15, 0.2) is 17.0 Å². The molecule has 0 spiro atoms. The van der Waals surface area contributed by atoms with E-state index in [0.29, 0.717) is 12.1 Å². The van der Waals surface area contributed by atoms with E-state index >= 15 is 0 Å². The van der Waals surface area contributed by atoms with Crippen LogP contribution in [0.25, 0.3) is 0 Å². The van der Waals surface area contributed by atoms with E-state index in [1.54, 1.807) is 0 Å². The number of rotatable bonds is 1. The molecule has 0 atom stereocenters. The largest absolute Gasteiger partial charge is 0.433 e. The summed E-state index contributed by atoms with van der Waals surface area (Å²) in [5.74, 6) is -1.77. The smallest absolute Gasteiger partial charge is 0.224 e. The van der Waals surface area contributed by atoms with Crippen molar-refractivity contribution in [2.75, 3.05) is 0 Å². The fraction of sp³-hybridized carbons (Fsp3) is 0.167. The molecule has 1 aromatic rings. The highest BCUT2D eigenvalue weighted by atomic mass is 32.2. The van der Waals surface area contributed by atoms with E-state index in [9.17, 15) is 26.0 Å². The molecule has 1 heterocycles. The third-order valence-electron chi connectivity index (χ3n) is 1.41. The first-order valence-corrected chi connectivity index (χ1v) is 4.93.